The summed E-state index contributed by atoms with van der Waals surface area (Å²) in [6.07, 6.45) is 4.10. The second-order valence-electron chi connectivity index (χ2n) is 5.76. The zero-order valence-corrected chi connectivity index (χ0v) is 15.6. The van der Waals surface area contributed by atoms with E-state index in [2.05, 4.69) is 52.1 Å². The lowest BCUT2D eigenvalue weighted by molar-refractivity contribution is 1.01. The summed E-state index contributed by atoms with van der Waals surface area (Å²) in [6.45, 7) is 4.15. The lowest BCUT2D eigenvalue weighted by Crippen LogP contribution is -1.91. The number of benzene rings is 1. The van der Waals surface area contributed by atoms with Gasteiger partial charge in [0.25, 0.3) is 0 Å². The van der Waals surface area contributed by atoms with E-state index in [9.17, 15) is 0 Å². The molecule has 1 N–H and O–H groups in total. The third-order valence-electron chi connectivity index (χ3n) is 3.86. The first-order valence-corrected chi connectivity index (χ1v) is 9.71. The van der Waals surface area contributed by atoms with Crippen molar-refractivity contribution in [3.63, 3.8) is 0 Å². The van der Waals surface area contributed by atoms with Crippen molar-refractivity contribution in [3.8, 4) is 0 Å². The molecule has 0 saturated carbocycles. The number of nitrogens with zero attached hydrogens (tertiary/aromatic N) is 4. The van der Waals surface area contributed by atoms with Crippen LogP contribution in [0.1, 0.15) is 16.8 Å². The van der Waals surface area contributed by atoms with E-state index in [1.165, 1.54) is 11.1 Å². The van der Waals surface area contributed by atoms with Gasteiger partial charge < -0.3 is 9.72 Å². The van der Waals surface area contributed by atoms with E-state index in [1.54, 1.807) is 23.1 Å². The second kappa shape index (κ2) is 6.85. The van der Waals surface area contributed by atoms with Crippen molar-refractivity contribution in [1.29, 1.82) is 0 Å². The largest absolute Gasteiger partial charge is 0.330 e. The highest BCUT2D eigenvalue weighted by Crippen LogP contribution is 2.30. The van der Waals surface area contributed by atoms with Crippen LogP contribution in [0.15, 0.2) is 53.1 Å². The molecule has 0 aliphatic heterocycles. The highest BCUT2D eigenvalue weighted by Gasteiger charge is 2.09. The number of imidazole rings is 1. The Labute approximate surface area is 154 Å². The minimum Gasteiger partial charge on any atom is -0.330 e. The number of aryl methyl sites for hydroxylation is 2. The normalized spacial score (nSPS) is 11.1. The first kappa shape index (κ1) is 16.1. The van der Waals surface area contributed by atoms with Gasteiger partial charge in [-0.1, -0.05) is 47.4 Å². The van der Waals surface area contributed by atoms with Crippen molar-refractivity contribution < 1.29 is 0 Å². The summed E-state index contributed by atoms with van der Waals surface area (Å²) >= 11 is 3.22. The van der Waals surface area contributed by atoms with Crippen LogP contribution in [-0.2, 0) is 5.75 Å². The van der Waals surface area contributed by atoms with Gasteiger partial charge in [0.15, 0.2) is 4.34 Å². The molecule has 3 aromatic heterocycles. The zero-order valence-electron chi connectivity index (χ0n) is 13.9. The molecule has 7 heteroatoms. The highest BCUT2D eigenvalue weighted by molar-refractivity contribution is 8.00. The Morgan fingerprint density at radius 3 is 2.76 bits per heavy atom. The SMILES string of the molecule is Cc1ccccc1Nc1nnc(SCc2cn3cccc(C)c3n2)s1. The highest BCUT2D eigenvalue weighted by atomic mass is 32.2. The molecule has 0 aliphatic carbocycles. The number of rotatable bonds is 5. The van der Waals surface area contributed by atoms with Crippen molar-refractivity contribution >= 4 is 39.6 Å². The van der Waals surface area contributed by atoms with Crippen LogP contribution >= 0.6 is 23.1 Å². The first-order chi connectivity index (χ1) is 12.2. The Bertz CT molecular complexity index is 1020. The van der Waals surface area contributed by atoms with Gasteiger partial charge in [0.1, 0.15) is 5.65 Å². The minimum absolute atomic E-state index is 0.778. The fourth-order valence-corrected chi connectivity index (χ4v) is 4.20. The molecule has 0 atom stereocenters. The maximum atomic E-state index is 4.70. The lowest BCUT2D eigenvalue weighted by Gasteiger charge is -2.04. The Morgan fingerprint density at radius 1 is 1.08 bits per heavy atom. The number of nitrogens with one attached hydrogen (secondary N) is 1. The average molecular weight is 368 g/mol. The van der Waals surface area contributed by atoms with Crippen LogP contribution in [0.2, 0.25) is 0 Å². The molecule has 3 heterocycles. The molecule has 0 aliphatic rings. The maximum absolute atomic E-state index is 4.70. The van der Waals surface area contributed by atoms with Crippen molar-refractivity contribution in [1.82, 2.24) is 19.6 Å². The number of fused-ring (bicyclic) bond motifs is 1. The first-order valence-electron chi connectivity index (χ1n) is 7.91. The molecule has 0 radical (unpaired) electrons. The van der Waals surface area contributed by atoms with Crippen LogP contribution in [0.5, 0.6) is 0 Å². The van der Waals surface area contributed by atoms with Gasteiger partial charge >= 0.3 is 0 Å². The smallest absolute Gasteiger partial charge is 0.210 e. The molecule has 0 saturated heterocycles. The van der Waals surface area contributed by atoms with Crippen LogP contribution in [0.25, 0.3) is 5.65 Å². The Hall–Kier alpha value is -2.38. The van der Waals surface area contributed by atoms with E-state index in [0.717, 1.165) is 32.3 Å². The number of hydrogen-bond acceptors (Lipinski definition) is 6. The third kappa shape index (κ3) is 3.52. The summed E-state index contributed by atoms with van der Waals surface area (Å²) in [4.78, 5) is 4.70. The lowest BCUT2D eigenvalue weighted by atomic mass is 10.2. The van der Waals surface area contributed by atoms with E-state index in [0.29, 0.717) is 0 Å². The fourth-order valence-electron chi connectivity index (χ4n) is 2.56. The summed E-state index contributed by atoms with van der Waals surface area (Å²) in [5, 5.41) is 12.6. The van der Waals surface area contributed by atoms with Gasteiger partial charge in [-0.25, -0.2) is 4.98 Å². The Kier molecular flexibility index (Phi) is 4.42. The molecule has 126 valence electrons. The van der Waals surface area contributed by atoms with Gasteiger partial charge in [0.2, 0.25) is 5.13 Å². The maximum Gasteiger partial charge on any atom is 0.210 e. The van der Waals surface area contributed by atoms with Gasteiger partial charge in [-0.15, -0.1) is 10.2 Å². The topological polar surface area (TPSA) is 55.1 Å². The summed E-state index contributed by atoms with van der Waals surface area (Å²) in [5.74, 6) is 0.778. The quantitative estimate of drug-likeness (QED) is 0.512. The molecule has 0 bridgehead atoms. The Morgan fingerprint density at radius 2 is 1.92 bits per heavy atom. The summed E-state index contributed by atoms with van der Waals surface area (Å²) < 4.78 is 3.00. The molecule has 4 aromatic rings. The molecule has 5 nitrogen and oxygen atoms in total. The average Bonchev–Trinajstić information content (AvgIpc) is 3.22. The van der Waals surface area contributed by atoms with E-state index >= 15 is 0 Å². The van der Waals surface area contributed by atoms with E-state index in [-0.39, 0.29) is 0 Å². The number of anilines is 2. The molecule has 4 rings (SSSR count). The molecule has 0 unspecified atom stereocenters. The van der Waals surface area contributed by atoms with Crippen LogP contribution in [0, 0.1) is 13.8 Å². The van der Waals surface area contributed by atoms with Gasteiger partial charge in [-0.2, -0.15) is 0 Å². The monoisotopic (exact) mass is 367 g/mol. The van der Waals surface area contributed by atoms with Crippen molar-refractivity contribution in [2.24, 2.45) is 0 Å². The van der Waals surface area contributed by atoms with Crippen molar-refractivity contribution in [2.75, 3.05) is 5.32 Å². The van der Waals surface area contributed by atoms with E-state index in [1.807, 2.05) is 30.5 Å². The molecule has 1 aromatic carbocycles. The molecule has 25 heavy (non-hydrogen) atoms. The van der Waals surface area contributed by atoms with Crippen molar-refractivity contribution in [3.05, 3.63) is 65.6 Å². The van der Waals surface area contributed by atoms with Gasteiger partial charge in [0.05, 0.1) is 5.69 Å². The number of thioether (sulfide) groups is 1. The van der Waals surface area contributed by atoms with Crippen LogP contribution in [0.4, 0.5) is 10.8 Å². The van der Waals surface area contributed by atoms with Crippen LogP contribution in [0.3, 0.4) is 0 Å². The standard InChI is InChI=1S/C18H17N5S2/c1-12-6-3-4-8-15(12)20-17-21-22-18(25-17)24-11-14-10-23-9-5-7-13(2)16(23)19-14/h3-10H,11H2,1-2H3,(H,20,21). The summed E-state index contributed by atoms with van der Waals surface area (Å²) in [5.41, 5.74) is 5.48. The van der Waals surface area contributed by atoms with E-state index in [4.69, 9.17) is 4.98 Å². The molecule has 0 fully saturated rings. The molecule has 0 amide bonds. The predicted octanol–water partition coefficient (Wildman–Crippen LogP) is 4.84. The zero-order chi connectivity index (χ0) is 17.2. The number of hydrogen-bond donors (Lipinski definition) is 1. The molecule has 0 spiro atoms. The third-order valence-corrected chi connectivity index (χ3v) is 5.87. The van der Waals surface area contributed by atoms with Crippen LogP contribution in [-0.4, -0.2) is 19.6 Å². The predicted molar refractivity (Wildman–Crippen MR) is 104 cm³/mol. The van der Waals surface area contributed by atoms with Gasteiger partial charge in [0, 0.05) is 23.8 Å². The summed E-state index contributed by atoms with van der Waals surface area (Å²) in [7, 11) is 0. The number of aromatic nitrogens is 4. The molecular weight excluding hydrogens is 350 g/mol. The minimum atomic E-state index is 0.778. The molecular formula is C18H17N5S2. The fraction of sp³-hybridized carbons (Fsp3) is 0.167. The van der Waals surface area contributed by atoms with Gasteiger partial charge in [-0.3, -0.25) is 0 Å². The van der Waals surface area contributed by atoms with Gasteiger partial charge in [-0.05, 0) is 37.1 Å². The Balaban J connectivity index is 1.44. The summed E-state index contributed by atoms with van der Waals surface area (Å²) in [6, 6.07) is 12.3. The van der Waals surface area contributed by atoms with Crippen molar-refractivity contribution in [2.45, 2.75) is 23.9 Å². The second-order valence-corrected chi connectivity index (χ2v) is 7.96. The number of para-hydroxylation sites is 1. The number of pyridine rings is 1. The van der Waals surface area contributed by atoms with Crippen LogP contribution < -0.4 is 5.32 Å². The van der Waals surface area contributed by atoms with E-state index < -0.39 is 0 Å².